The summed E-state index contributed by atoms with van der Waals surface area (Å²) in [7, 11) is 0. The van der Waals surface area contributed by atoms with Gasteiger partial charge in [0, 0.05) is 15.6 Å². The number of aromatic hydroxyl groups is 1. The molecule has 1 heterocycles. The number of rotatable bonds is 3. The van der Waals surface area contributed by atoms with E-state index < -0.39 is 0 Å². The van der Waals surface area contributed by atoms with Crippen molar-refractivity contribution >= 4 is 34.5 Å². The summed E-state index contributed by atoms with van der Waals surface area (Å²) in [5, 5.41) is 12.8. The van der Waals surface area contributed by atoms with Crippen molar-refractivity contribution in [2.45, 2.75) is 0 Å². The maximum Gasteiger partial charge on any atom is 0.265 e. The second-order valence-corrected chi connectivity index (χ2v) is 6.19. The summed E-state index contributed by atoms with van der Waals surface area (Å²) in [5.41, 5.74) is 1.67. The Balaban J connectivity index is 1.76. The number of halogens is 1. The summed E-state index contributed by atoms with van der Waals surface area (Å²) in [4.78, 5) is 13.8. The van der Waals surface area contributed by atoms with Crippen molar-refractivity contribution in [3.63, 3.8) is 0 Å². The molecule has 0 saturated heterocycles. The third kappa shape index (κ3) is 3.30. The molecule has 3 rings (SSSR count). The minimum atomic E-state index is -0.155. The number of thiophene rings is 1. The Morgan fingerprint density at radius 1 is 0.955 bits per heavy atom. The number of hydrogen-bond donors (Lipinski definition) is 2. The number of carbonyl (C=O) groups excluding carboxylic acids is 1. The highest BCUT2D eigenvalue weighted by Gasteiger charge is 2.10. The zero-order valence-corrected chi connectivity index (χ0v) is 13.0. The molecule has 0 saturated carbocycles. The van der Waals surface area contributed by atoms with Crippen LogP contribution in [-0.2, 0) is 0 Å². The molecule has 5 heteroatoms. The number of hydrogen-bond acceptors (Lipinski definition) is 3. The molecule has 22 heavy (non-hydrogen) atoms. The van der Waals surface area contributed by atoms with Crippen LogP contribution in [0.25, 0.3) is 10.4 Å². The molecule has 0 unspecified atom stereocenters. The second-order valence-electron chi connectivity index (χ2n) is 4.67. The van der Waals surface area contributed by atoms with Gasteiger partial charge in [0.15, 0.2) is 0 Å². The van der Waals surface area contributed by atoms with E-state index in [4.69, 9.17) is 11.6 Å². The molecular formula is C17H12ClNO2S. The third-order valence-electron chi connectivity index (χ3n) is 3.08. The smallest absolute Gasteiger partial charge is 0.265 e. The zero-order chi connectivity index (χ0) is 15.5. The largest absolute Gasteiger partial charge is 0.508 e. The highest BCUT2D eigenvalue weighted by Crippen LogP contribution is 2.29. The summed E-state index contributed by atoms with van der Waals surface area (Å²) < 4.78 is 0. The molecule has 0 fully saturated rings. The summed E-state index contributed by atoms with van der Waals surface area (Å²) in [5.74, 6) is 0.0679. The summed E-state index contributed by atoms with van der Waals surface area (Å²) in [6.07, 6.45) is 0. The third-order valence-corrected chi connectivity index (χ3v) is 4.47. The molecule has 0 atom stereocenters. The average Bonchev–Trinajstić information content (AvgIpc) is 3.00. The van der Waals surface area contributed by atoms with Gasteiger partial charge in [0.1, 0.15) is 5.75 Å². The van der Waals surface area contributed by atoms with Gasteiger partial charge in [-0.05, 0) is 66.2 Å². The maximum atomic E-state index is 12.2. The van der Waals surface area contributed by atoms with Gasteiger partial charge < -0.3 is 10.4 Å². The Bertz CT molecular complexity index is 794. The molecule has 3 aromatic rings. The lowest BCUT2D eigenvalue weighted by Crippen LogP contribution is -2.09. The van der Waals surface area contributed by atoms with Gasteiger partial charge in [-0.25, -0.2) is 0 Å². The van der Waals surface area contributed by atoms with Crippen LogP contribution in [0.4, 0.5) is 5.69 Å². The predicted molar refractivity (Wildman–Crippen MR) is 90.8 cm³/mol. The van der Waals surface area contributed by atoms with Crippen LogP contribution < -0.4 is 5.32 Å². The van der Waals surface area contributed by atoms with E-state index in [1.54, 1.807) is 42.5 Å². The van der Waals surface area contributed by atoms with Crippen LogP contribution in [0, 0.1) is 0 Å². The zero-order valence-electron chi connectivity index (χ0n) is 11.4. The number of nitrogens with one attached hydrogen (secondary N) is 1. The first-order valence-corrected chi connectivity index (χ1v) is 7.77. The van der Waals surface area contributed by atoms with Gasteiger partial charge >= 0.3 is 0 Å². The number of amides is 1. The van der Waals surface area contributed by atoms with E-state index in [9.17, 15) is 9.90 Å². The van der Waals surface area contributed by atoms with E-state index in [0.29, 0.717) is 15.6 Å². The number of phenols is 1. The van der Waals surface area contributed by atoms with Crippen LogP contribution in [0.5, 0.6) is 5.75 Å². The Morgan fingerprint density at radius 3 is 2.32 bits per heavy atom. The molecule has 1 aromatic heterocycles. The van der Waals surface area contributed by atoms with Gasteiger partial charge in [-0.1, -0.05) is 11.6 Å². The van der Waals surface area contributed by atoms with Gasteiger partial charge in [0.2, 0.25) is 0 Å². The summed E-state index contributed by atoms with van der Waals surface area (Å²) >= 11 is 7.22. The van der Waals surface area contributed by atoms with Crippen molar-refractivity contribution < 1.29 is 9.90 Å². The van der Waals surface area contributed by atoms with Gasteiger partial charge in [-0.3, -0.25) is 4.79 Å². The predicted octanol–water partition coefficient (Wildman–Crippen LogP) is 5.03. The van der Waals surface area contributed by atoms with E-state index in [0.717, 1.165) is 10.4 Å². The monoisotopic (exact) mass is 329 g/mol. The minimum Gasteiger partial charge on any atom is -0.508 e. The summed E-state index contributed by atoms with van der Waals surface area (Å²) in [6, 6.07) is 17.6. The number of phenolic OH excluding ortho intramolecular Hbond substituents is 1. The highest BCUT2D eigenvalue weighted by molar-refractivity contribution is 7.17. The lowest BCUT2D eigenvalue weighted by atomic mass is 10.2. The minimum absolute atomic E-state index is 0.155. The van der Waals surface area contributed by atoms with Gasteiger partial charge in [-0.2, -0.15) is 0 Å². The first-order chi connectivity index (χ1) is 10.6. The number of carbonyl (C=O) groups is 1. The first-order valence-electron chi connectivity index (χ1n) is 6.58. The Labute approximate surface area is 136 Å². The summed E-state index contributed by atoms with van der Waals surface area (Å²) in [6.45, 7) is 0. The normalized spacial score (nSPS) is 10.4. The second kappa shape index (κ2) is 6.22. The van der Waals surface area contributed by atoms with Crippen LogP contribution in [0.2, 0.25) is 5.02 Å². The molecule has 0 radical (unpaired) electrons. The Morgan fingerprint density at radius 2 is 1.64 bits per heavy atom. The molecule has 0 aliphatic rings. The van der Waals surface area contributed by atoms with Crippen molar-refractivity contribution in [1.29, 1.82) is 0 Å². The lowest BCUT2D eigenvalue weighted by Gasteiger charge is -2.03. The van der Waals surface area contributed by atoms with Gasteiger partial charge in [-0.15, -0.1) is 11.3 Å². The van der Waals surface area contributed by atoms with Crippen LogP contribution in [-0.4, -0.2) is 11.0 Å². The average molecular weight is 330 g/mol. The van der Waals surface area contributed by atoms with Crippen LogP contribution in [0.15, 0.2) is 60.7 Å². The molecule has 0 aliphatic carbocycles. The molecule has 0 bridgehead atoms. The van der Waals surface area contributed by atoms with Crippen LogP contribution >= 0.6 is 22.9 Å². The van der Waals surface area contributed by atoms with Crippen LogP contribution in [0.3, 0.4) is 0 Å². The van der Waals surface area contributed by atoms with Crippen molar-refractivity contribution in [3.05, 3.63) is 70.6 Å². The van der Waals surface area contributed by atoms with E-state index in [2.05, 4.69) is 5.32 Å². The van der Waals surface area contributed by atoms with Crippen molar-refractivity contribution in [2.24, 2.45) is 0 Å². The number of anilines is 1. The van der Waals surface area contributed by atoms with Gasteiger partial charge in [0.05, 0.1) is 4.88 Å². The highest BCUT2D eigenvalue weighted by atomic mass is 35.5. The first kappa shape index (κ1) is 14.6. The molecule has 1 amide bonds. The standard InChI is InChI=1S/C17H12ClNO2S/c18-12-3-5-13(6-4-12)19-17(21)16-10-9-15(22-16)11-1-7-14(20)8-2-11/h1-10,20H,(H,19,21). The Kier molecular flexibility index (Phi) is 4.13. The molecule has 0 aliphatic heterocycles. The SMILES string of the molecule is O=C(Nc1ccc(Cl)cc1)c1ccc(-c2ccc(O)cc2)s1. The molecule has 3 nitrogen and oxygen atoms in total. The fourth-order valence-electron chi connectivity index (χ4n) is 1.97. The topological polar surface area (TPSA) is 49.3 Å². The van der Waals surface area contributed by atoms with Crippen molar-refractivity contribution in [1.82, 2.24) is 0 Å². The van der Waals surface area contributed by atoms with Crippen LogP contribution in [0.1, 0.15) is 9.67 Å². The quantitative estimate of drug-likeness (QED) is 0.708. The fraction of sp³-hybridized carbons (Fsp3) is 0. The van der Waals surface area contributed by atoms with Crippen molar-refractivity contribution in [2.75, 3.05) is 5.32 Å². The van der Waals surface area contributed by atoms with E-state index in [-0.39, 0.29) is 11.7 Å². The fourth-order valence-corrected chi connectivity index (χ4v) is 3.00. The Hall–Kier alpha value is -2.30. The molecule has 2 aromatic carbocycles. The molecule has 0 spiro atoms. The van der Waals surface area contributed by atoms with E-state index >= 15 is 0 Å². The van der Waals surface area contributed by atoms with E-state index in [1.165, 1.54) is 11.3 Å². The molecule has 2 N–H and O–H groups in total. The maximum absolute atomic E-state index is 12.2. The molecule has 110 valence electrons. The number of benzene rings is 2. The van der Waals surface area contributed by atoms with E-state index in [1.807, 2.05) is 18.2 Å². The molecular weight excluding hydrogens is 318 g/mol. The van der Waals surface area contributed by atoms with Gasteiger partial charge in [0.25, 0.3) is 5.91 Å². The van der Waals surface area contributed by atoms with Crippen molar-refractivity contribution in [3.8, 4) is 16.2 Å². The lowest BCUT2D eigenvalue weighted by molar-refractivity contribution is 0.103.